The molecule has 3 heterocycles. The molecule has 2 aliphatic rings. The fraction of sp³-hybridized carbons (Fsp3) is 0.286. The molecule has 0 saturated carbocycles. The van der Waals surface area contributed by atoms with E-state index in [0.717, 1.165) is 51.3 Å². The third-order valence-electron chi connectivity index (χ3n) is 6.80. The molecule has 0 bridgehead atoms. The third kappa shape index (κ3) is 3.77. The number of imidazole rings is 1. The molecule has 178 valence electrons. The van der Waals surface area contributed by atoms with Crippen molar-refractivity contribution in [2.45, 2.75) is 31.6 Å². The van der Waals surface area contributed by atoms with Crippen LogP contribution in [0.5, 0.6) is 17.5 Å². The first-order chi connectivity index (χ1) is 17.1. The summed E-state index contributed by atoms with van der Waals surface area (Å²) in [4.78, 5) is 15.8. The lowest BCUT2D eigenvalue weighted by molar-refractivity contribution is -0.137. The molecular formula is C28H26N2O5. The summed E-state index contributed by atoms with van der Waals surface area (Å²) in [6.07, 6.45) is 0.894. The highest BCUT2D eigenvalue weighted by atomic mass is 16.5. The van der Waals surface area contributed by atoms with E-state index in [1.165, 1.54) is 0 Å². The predicted molar refractivity (Wildman–Crippen MR) is 131 cm³/mol. The first kappa shape index (κ1) is 21.5. The second-order valence-electron chi connectivity index (χ2n) is 9.04. The molecule has 3 aromatic carbocycles. The number of carbonyl (C=O) groups is 1. The molecule has 0 fully saturated rings. The molecule has 6 rings (SSSR count). The quantitative estimate of drug-likeness (QED) is 0.405. The number of hydrogen-bond donors (Lipinski definition) is 1. The Hall–Kier alpha value is -4.00. The van der Waals surface area contributed by atoms with Crippen LogP contribution in [0.15, 0.2) is 60.7 Å². The maximum atomic E-state index is 11.1. The van der Waals surface area contributed by atoms with Crippen molar-refractivity contribution in [3.63, 3.8) is 0 Å². The maximum Gasteiger partial charge on any atom is 0.304 e. The Morgan fingerprint density at radius 1 is 1.06 bits per heavy atom. The number of nitrogens with zero attached hydrogens (tertiary/aromatic N) is 2. The van der Waals surface area contributed by atoms with Crippen LogP contribution in [0.1, 0.15) is 41.9 Å². The standard InChI is InChI=1S/C28H26N2O5/c1-2-33-28-29-22-7-3-4-8-23(22)30(28)24-9-5-6-21-18(16-35-27(21)24)12-17-10-11-20-19(14-26(31)32)15-34-25(20)13-17/h3-11,13,18-19H,2,12,14-16H2,1H3,(H,31,32)/t18-,19+/m0/s1. The third-order valence-corrected chi connectivity index (χ3v) is 6.80. The Bertz CT molecular complexity index is 1430. The Morgan fingerprint density at radius 3 is 2.77 bits per heavy atom. The SMILES string of the molecule is CCOc1nc2ccccc2n1-c1cccc2c1OC[C@@H]2Cc1ccc2c(c1)OC[C@H]2CC(=O)O. The Balaban J connectivity index is 1.32. The monoisotopic (exact) mass is 470 g/mol. The number of carboxylic acid groups (broad SMARTS) is 1. The van der Waals surface area contributed by atoms with Crippen LogP contribution in [0.3, 0.4) is 0 Å². The number of rotatable bonds is 7. The highest BCUT2D eigenvalue weighted by Crippen LogP contribution is 2.43. The minimum atomic E-state index is -0.802. The largest absolute Gasteiger partial charge is 0.493 e. The fourth-order valence-corrected chi connectivity index (χ4v) is 5.21. The molecule has 0 unspecified atom stereocenters. The van der Waals surface area contributed by atoms with E-state index >= 15 is 0 Å². The first-order valence-electron chi connectivity index (χ1n) is 12.0. The van der Waals surface area contributed by atoms with Gasteiger partial charge in [-0.2, -0.15) is 4.98 Å². The van der Waals surface area contributed by atoms with Gasteiger partial charge in [-0.05, 0) is 43.2 Å². The molecule has 0 spiro atoms. The van der Waals surface area contributed by atoms with Gasteiger partial charge in [0, 0.05) is 23.0 Å². The average molecular weight is 471 g/mol. The molecule has 0 aliphatic carbocycles. The summed E-state index contributed by atoms with van der Waals surface area (Å²) >= 11 is 0. The van der Waals surface area contributed by atoms with Crippen molar-refractivity contribution >= 4 is 17.0 Å². The summed E-state index contributed by atoms with van der Waals surface area (Å²) in [5.41, 5.74) is 6.07. The zero-order valence-electron chi connectivity index (χ0n) is 19.4. The van der Waals surface area contributed by atoms with Crippen molar-refractivity contribution in [1.29, 1.82) is 0 Å². The van der Waals surface area contributed by atoms with Gasteiger partial charge < -0.3 is 19.3 Å². The number of benzene rings is 3. The summed E-state index contributed by atoms with van der Waals surface area (Å²) < 4.78 is 20.0. The Labute approximate surface area is 202 Å². The topological polar surface area (TPSA) is 82.8 Å². The molecule has 35 heavy (non-hydrogen) atoms. The van der Waals surface area contributed by atoms with Crippen LogP contribution < -0.4 is 14.2 Å². The lowest BCUT2D eigenvalue weighted by Crippen LogP contribution is -2.07. The van der Waals surface area contributed by atoms with Crippen LogP contribution in [0.2, 0.25) is 0 Å². The van der Waals surface area contributed by atoms with Gasteiger partial charge in [0.15, 0.2) is 0 Å². The molecule has 1 aromatic heterocycles. The van der Waals surface area contributed by atoms with E-state index in [2.05, 4.69) is 29.2 Å². The smallest absolute Gasteiger partial charge is 0.304 e. The van der Waals surface area contributed by atoms with Gasteiger partial charge in [-0.15, -0.1) is 0 Å². The summed E-state index contributed by atoms with van der Waals surface area (Å²) in [6, 6.07) is 20.9. The highest BCUT2D eigenvalue weighted by molar-refractivity contribution is 5.80. The van der Waals surface area contributed by atoms with Gasteiger partial charge in [-0.3, -0.25) is 9.36 Å². The van der Waals surface area contributed by atoms with Gasteiger partial charge >= 0.3 is 12.0 Å². The van der Waals surface area contributed by atoms with Crippen LogP contribution in [0.25, 0.3) is 16.7 Å². The van der Waals surface area contributed by atoms with Crippen molar-refractivity contribution in [3.05, 3.63) is 77.4 Å². The van der Waals surface area contributed by atoms with Crippen molar-refractivity contribution < 1.29 is 24.1 Å². The number of aromatic nitrogens is 2. The number of para-hydroxylation sites is 3. The second-order valence-corrected chi connectivity index (χ2v) is 9.04. The zero-order chi connectivity index (χ0) is 23.9. The first-order valence-corrected chi connectivity index (χ1v) is 12.0. The number of hydrogen-bond acceptors (Lipinski definition) is 5. The van der Waals surface area contributed by atoms with Gasteiger partial charge in [0.05, 0.1) is 43.0 Å². The van der Waals surface area contributed by atoms with E-state index in [9.17, 15) is 4.79 Å². The van der Waals surface area contributed by atoms with Crippen molar-refractivity contribution in [3.8, 4) is 23.2 Å². The summed E-state index contributed by atoms with van der Waals surface area (Å²) in [5.74, 6) is 0.973. The minimum absolute atomic E-state index is 0.0841. The normalized spacial score (nSPS) is 18.1. The van der Waals surface area contributed by atoms with Gasteiger partial charge in [0.2, 0.25) is 0 Å². The van der Waals surface area contributed by atoms with Crippen molar-refractivity contribution in [2.75, 3.05) is 19.8 Å². The molecule has 1 N–H and O–H groups in total. The number of ether oxygens (including phenoxy) is 3. The van der Waals surface area contributed by atoms with Gasteiger partial charge in [-0.1, -0.05) is 36.4 Å². The van der Waals surface area contributed by atoms with Crippen LogP contribution in [-0.4, -0.2) is 40.4 Å². The van der Waals surface area contributed by atoms with Crippen LogP contribution >= 0.6 is 0 Å². The molecule has 0 amide bonds. The van der Waals surface area contributed by atoms with Crippen molar-refractivity contribution in [1.82, 2.24) is 9.55 Å². The Morgan fingerprint density at radius 2 is 1.91 bits per heavy atom. The second kappa shape index (κ2) is 8.65. The van der Waals surface area contributed by atoms with Crippen LogP contribution in [-0.2, 0) is 11.2 Å². The molecule has 0 radical (unpaired) electrons. The van der Waals surface area contributed by atoms with E-state index in [4.69, 9.17) is 19.3 Å². The number of carboxylic acids is 1. The molecule has 2 atom stereocenters. The van der Waals surface area contributed by atoms with Crippen molar-refractivity contribution in [2.24, 2.45) is 0 Å². The van der Waals surface area contributed by atoms with E-state index in [1.807, 2.05) is 47.9 Å². The predicted octanol–water partition coefficient (Wildman–Crippen LogP) is 5.09. The number of fused-ring (bicyclic) bond motifs is 3. The van der Waals surface area contributed by atoms with Crippen LogP contribution in [0, 0.1) is 0 Å². The highest BCUT2D eigenvalue weighted by Gasteiger charge is 2.30. The van der Waals surface area contributed by atoms with Gasteiger partial charge in [0.25, 0.3) is 0 Å². The molecule has 4 aromatic rings. The lowest BCUT2D eigenvalue weighted by Gasteiger charge is -2.13. The van der Waals surface area contributed by atoms with E-state index in [0.29, 0.717) is 25.8 Å². The molecule has 0 saturated heterocycles. The van der Waals surface area contributed by atoms with E-state index in [-0.39, 0.29) is 18.3 Å². The lowest BCUT2D eigenvalue weighted by atomic mass is 9.91. The molecular weight excluding hydrogens is 444 g/mol. The summed E-state index contributed by atoms with van der Waals surface area (Å²) in [5, 5.41) is 9.15. The van der Waals surface area contributed by atoms with Gasteiger partial charge in [-0.25, -0.2) is 0 Å². The molecule has 7 heteroatoms. The fourth-order valence-electron chi connectivity index (χ4n) is 5.21. The zero-order valence-corrected chi connectivity index (χ0v) is 19.4. The van der Waals surface area contributed by atoms with E-state index < -0.39 is 5.97 Å². The Kier molecular flexibility index (Phi) is 5.32. The molecule has 2 aliphatic heterocycles. The van der Waals surface area contributed by atoms with Crippen LogP contribution in [0.4, 0.5) is 0 Å². The summed E-state index contributed by atoms with van der Waals surface area (Å²) in [6.45, 7) is 3.48. The summed E-state index contributed by atoms with van der Waals surface area (Å²) in [7, 11) is 0. The van der Waals surface area contributed by atoms with Gasteiger partial charge in [0.1, 0.15) is 11.5 Å². The van der Waals surface area contributed by atoms with E-state index in [1.54, 1.807) is 0 Å². The molecule has 7 nitrogen and oxygen atoms in total. The average Bonchev–Trinajstić information content (AvgIpc) is 3.54. The number of aliphatic carboxylic acids is 1. The maximum absolute atomic E-state index is 11.1. The minimum Gasteiger partial charge on any atom is -0.493 e.